The summed E-state index contributed by atoms with van der Waals surface area (Å²) in [6.45, 7) is 6.66. The van der Waals surface area contributed by atoms with Crippen LogP contribution in [0.2, 0.25) is 0 Å². The van der Waals surface area contributed by atoms with Crippen molar-refractivity contribution in [1.82, 2.24) is 14.1 Å². The third kappa shape index (κ3) is 8.12. The number of para-hydroxylation sites is 4. The number of aromatic nitrogens is 4. The van der Waals surface area contributed by atoms with Gasteiger partial charge in [0.15, 0.2) is 0 Å². The van der Waals surface area contributed by atoms with Crippen molar-refractivity contribution in [2.24, 2.45) is 0 Å². The molecule has 0 unspecified atom stereocenters. The van der Waals surface area contributed by atoms with Crippen LogP contribution in [0.15, 0.2) is 282 Å². The third-order valence-electron chi connectivity index (χ3n) is 17.8. The van der Waals surface area contributed by atoms with Crippen molar-refractivity contribution >= 4 is 76.7 Å². The van der Waals surface area contributed by atoms with Gasteiger partial charge in [-0.15, -0.1) is 0 Å². The van der Waals surface area contributed by atoms with E-state index in [0.717, 1.165) is 150 Å². The van der Waals surface area contributed by atoms with Crippen LogP contribution in [0.4, 0.5) is 0 Å². The Labute approximate surface area is 519 Å². The van der Waals surface area contributed by atoms with Crippen molar-refractivity contribution in [1.29, 1.82) is 0 Å². The zero-order chi connectivity index (χ0) is 63.4. The van der Waals surface area contributed by atoms with Crippen LogP contribution < -0.4 is 9.30 Å². The summed E-state index contributed by atoms with van der Waals surface area (Å²) >= 11 is 0. The van der Waals surface area contributed by atoms with Gasteiger partial charge in [-0.05, 0) is 175 Å². The number of nitrogens with zero attached hydrogens (tertiary/aromatic N) is 4. The second-order valence-corrected chi connectivity index (χ2v) is 24.1. The van der Waals surface area contributed by atoms with Gasteiger partial charge < -0.3 is 13.6 Å². The van der Waals surface area contributed by atoms with Gasteiger partial charge in [0.2, 0.25) is 0 Å². The predicted octanol–water partition coefficient (Wildman–Crippen LogP) is 21.4. The number of rotatable bonds is 7. The van der Waals surface area contributed by atoms with E-state index in [2.05, 4.69) is 199 Å². The fourth-order valence-corrected chi connectivity index (χ4v) is 13.6. The number of furan rings is 2. The molecule has 0 saturated carbocycles. The summed E-state index contributed by atoms with van der Waals surface area (Å²) in [5.74, 6) is 2.11. The monoisotopic (exact) mass is 1150 g/mol. The van der Waals surface area contributed by atoms with Gasteiger partial charge in [-0.2, -0.15) is 0 Å². The van der Waals surface area contributed by atoms with Crippen molar-refractivity contribution in [2.45, 2.75) is 26.2 Å². The van der Waals surface area contributed by atoms with Crippen LogP contribution in [0.25, 0.3) is 161 Å². The molecule has 1 aliphatic rings. The van der Waals surface area contributed by atoms with Gasteiger partial charge >= 0.3 is 0 Å². The topological polar surface area (TPSA) is 62.1 Å². The molecule has 6 heterocycles. The lowest BCUT2D eigenvalue weighted by Gasteiger charge is -2.20. The van der Waals surface area contributed by atoms with Crippen LogP contribution in [0.1, 0.15) is 33.2 Å². The molecule has 18 rings (SSSR count). The highest BCUT2D eigenvalue weighted by Crippen LogP contribution is 2.49. The van der Waals surface area contributed by atoms with Gasteiger partial charge in [0.05, 0.1) is 40.3 Å². The molecule has 0 aliphatic carbocycles. The van der Waals surface area contributed by atoms with Crippen molar-refractivity contribution in [3.05, 3.63) is 285 Å². The van der Waals surface area contributed by atoms with Crippen molar-refractivity contribution in [3.63, 3.8) is 0 Å². The molecule has 7 nitrogen and oxygen atoms in total. The maximum absolute atomic E-state index is 9.25. The first-order chi connectivity index (χ1) is 45.8. The largest absolute Gasteiger partial charge is 0.458 e. The Morgan fingerprint density at radius 1 is 0.427 bits per heavy atom. The van der Waals surface area contributed by atoms with Crippen LogP contribution in [0.5, 0.6) is 11.5 Å². The molecule has 0 spiro atoms. The SMILES string of the molecule is [2H]c1c([2H])c([2H])c(-c2ccc3c(c2)-c2cccc(-c4ccc5oc6ccccc6c5c4)c2-[n+]2[c-]n(-c4cccc(Oc5ccc6c7ccccc7n(-c7cc(C(C)(C)C)ccn7)c6c5)c4)c4cc(-c5ccc6oc7ccccc7c6c5)cc(c42)-c2ccccc2-3)c([2H])c1[2H]. The van der Waals surface area contributed by atoms with Gasteiger partial charge in [0.1, 0.15) is 39.6 Å². The summed E-state index contributed by atoms with van der Waals surface area (Å²) in [5, 5.41) is 6.21. The minimum atomic E-state index is -0.447. The Bertz CT molecular complexity index is 6080. The molecule has 0 radical (unpaired) electrons. The predicted molar refractivity (Wildman–Crippen MR) is 362 cm³/mol. The number of fused-ring (bicyclic) bond motifs is 16. The van der Waals surface area contributed by atoms with E-state index < -0.39 is 18.1 Å². The Kier molecular flexibility index (Phi) is 10.0. The molecule has 0 fully saturated rings. The zero-order valence-electron chi connectivity index (χ0n) is 53.6. The van der Waals surface area contributed by atoms with Crippen LogP contribution in [0.3, 0.4) is 0 Å². The number of hydrogen-bond donors (Lipinski definition) is 0. The minimum Gasteiger partial charge on any atom is -0.458 e. The third-order valence-corrected chi connectivity index (χ3v) is 17.8. The highest BCUT2D eigenvalue weighted by Gasteiger charge is 2.29. The molecular formula is C82H54N4O3. The first kappa shape index (κ1) is 45.8. The average Bonchev–Trinajstić information content (AvgIpc) is 1.55. The first-order valence-corrected chi connectivity index (χ1v) is 29.9. The lowest BCUT2D eigenvalue weighted by molar-refractivity contribution is -0.570. The first-order valence-electron chi connectivity index (χ1n) is 32.4. The average molecular weight is 1150 g/mol. The van der Waals surface area contributed by atoms with Crippen LogP contribution in [-0.4, -0.2) is 14.1 Å². The summed E-state index contributed by atoms with van der Waals surface area (Å²) in [6, 6.07) is 79.6. The molecule has 0 bridgehead atoms. The summed E-state index contributed by atoms with van der Waals surface area (Å²) in [6.07, 6.45) is 5.92. The standard InChI is InChI=1S/C82H54N4O3/c1-82(2,3)55-39-40-83-79(46-55)86-72-28-12-9-23-63(72)64-36-34-58(48-73(64)86)87-57-20-15-19-56(47-57)84-49-85-80-59(53-33-38-78-70(43-53)66-25-11-14-30-76(66)89-78)26-16-27-67(80)68-41-51(50-17-5-4-6-18-50)31-35-62(68)60-21-7-8-22-61(60)71-44-54(45-74(84)81(71)85)52-32-37-77-69(42-52)65-24-10-13-29-75(65)88-77/h4-48H,1-3H3/i4D,5D,6D,17D,18D. The smallest absolute Gasteiger partial charge is 0.269 e. The summed E-state index contributed by atoms with van der Waals surface area (Å²) in [4.78, 5) is 4.95. The second kappa shape index (κ2) is 19.5. The molecule has 1 aliphatic heterocycles. The van der Waals surface area contributed by atoms with Crippen molar-refractivity contribution in [3.8, 4) is 95.5 Å². The minimum absolute atomic E-state index is 0.0861. The van der Waals surface area contributed by atoms with E-state index >= 15 is 0 Å². The molecule has 420 valence electrons. The molecule has 17 aromatic rings. The van der Waals surface area contributed by atoms with Crippen molar-refractivity contribution < 1.29 is 25.0 Å². The molecule has 0 atom stereocenters. The molecule has 0 amide bonds. The van der Waals surface area contributed by atoms with E-state index in [1.54, 1.807) is 0 Å². The van der Waals surface area contributed by atoms with Crippen LogP contribution in [-0.2, 0) is 5.41 Å². The van der Waals surface area contributed by atoms with E-state index in [1.807, 2.05) is 85.1 Å². The van der Waals surface area contributed by atoms with Gasteiger partial charge in [0, 0.05) is 44.6 Å². The maximum atomic E-state index is 9.25. The lowest BCUT2D eigenvalue weighted by Crippen LogP contribution is -2.32. The van der Waals surface area contributed by atoms with E-state index in [0.29, 0.717) is 17.1 Å². The number of hydrogen-bond acceptors (Lipinski definition) is 4. The number of pyridine rings is 1. The van der Waals surface area contributed by atoms with E-state index in [-0.39, 0.29) is 23.1 Å². The normalized spacial score (nSPS) is 13.0. The Balaban J connectivity index is 0.905. The van der Waals surface area contributed by atoms with E-state index in [4.69, 9.17) is 22.7 Å². The Hall–Kier alpha value is -11.5. The van der Waals surface area contributed by atoms with Gasteiger partial charge in [-0.3, -0.25) is 13.7 Å². The maximum Gasteiger partial charge on any atom is 0.269 e. The lowest BCUT2D eigenvalue weighted by atomic mass is 9.86. The van der Waals surface area contributed by atoms with Crippen LogP contribution in [0, 0.1) is 6.33 Å². The molecule has 89 heavy (non-hydrogen) atoms. The highest BCUT2D eigenvalue weighted by atomic mass is 16.5. The van der Waals surface area contributed by atoms with Crippen LogP contribution >= 0.6 is 0 Å². The quantitative estimate of drug-likeness (QED) is 0.118. The van der Waals surface area contributed by atoms with Gasteiger partial charge in [-0.25, -0.2) is 4.98 Å². The number of ether oxygens (including phenoxy) is 1. The zero-order valence-corrected chi connectivity index (χ0v) is 48.6. The molecule has 5 aromatic heterocycles. The van der Waals surface area contributed by atoms with Gasteiger partial charge in [0.25, 0.3) is 6.33 Å². The summed E-state index contributed by atoms with van der Waals surface area (Å²) in [7, 11) is 0. The number of imidazole rings is 1. The molecule has 12 aromatic carbocycles. The molecule has 0 saturated heterocycles. The number of benzene rings is 12. The van der Waals surface area contributed by atoms with E-state index in [1.165, 1.54) is 5.56 Å². The Morgan fingerprint density at radius 2 is 1.03 bits per heavy atom. The molecule has 0 N–H and O–H groups in total. The highest BCUT2D eigenvalue weighted by molar-refractivity contribution is 6.11. The van der Waals surface area contributed by atoms with Crippen molar-refractivity contribution in [2.75, 3.05) is 0 Å². The fourth-order valence-electron chi connectivity index (χ4n) is 13.6. The van der Waals surface area contributed by atoms with Gasteiger partial charge in [-0.1, -0.05) is 184 Å². The summed E-state index contributed by atoms with van der Waals surface area (Å²) < 4.78 is 71.1. The fraction of sp³-hybridized carbons (Fsp3) is 0.0488. The second-order valence-electron chi connectivity index (χ2n) is 24.1. The van der Waals surface area contributed by atoms with E-state index in [9.17, 15) is 2.74 Å². The summed E-state index contributed by atoms with van der Waals surface area (Å²) in [5.41, 5.74) is 19.4. The molecular weight excluding hydrogens is 1090 g/mol. The Morgan fingerprint density at radius 3 is 1.82 bits per heavy atom. The molecule has 7 heteroatoms.